The largest absolute Gasteiger partial charge is 0.311 e. The third-order valence-electron chi connectivity index (χ3n) is 2.56. The van der Waals surface area contributed by atoms with Gasteiger partial charge in [0.15, 0.2) is 0 Å². The molecule has 2 nitrogen and oxygen atoms in total. The summed E-state index contributed by atoms with van der Waals surface area (Å²) in [7, 11) is 0. The first-order chi connectivity index (χ1) is 8.36. The van der Waals surface area contributed by atoms with Crippen LogP contribution in [0.1, 0.15) is 16.5 Å². The van der Waals surface area contributed by atoms with Crippen molar-refractivity contribution in [3.63, 3.8) is 0 Å². The average molecular weight is 247 g/mol. The van der Waals surface area contributed by atoms with Crippen LogP contribution < -0.4 is 5.32 Å². The van der Waals surface area contributed by atoms with E-state index in [2.05, 4.69) is 10.3 Å². The number of hydrogen-bond donors (Lipinski definition) is 1. The molecule has 1 atom stereocenters. The molecule has 0 bridgehead atoms. The maximum atomic E-state index is 6.30. The molecule has 0 amide bonds. The van der Waals surface area contributed by atoms with E-state index in [9.17, 15) is 0 Å². The second kappa shape index (κ2) is 6.38. The fourth-order valence-electron chi connectivity index (χ4n) is 1.62. The lowest BCUT2D eigenvalue weighted by Crippen LogP contribution is -2.18. The quantitative estimate of drug-likeness (QED) is 0.820. The van der Waals surface area contributed by atoms with Crippen molar-refractivity contribution in [1.82, 2.24) is 10.3 Å². The molecule has 0 radical (unpaired) electrons. The van der Waals surface area contributed by atoms with Crippen LogP contribution in [0, 0.1) is 0 Å². The zero-order valence-electron chi connectivity index (χ0n) is 9.51. The van der Waals surface area contributed by atoms with Gasteiger partial charge in [-0.15, -0.1) is 11.6 Å². The van der Waals surface area contributed by atoms with Gasteiger partial charge in [0, 0.05) is 25.5 Å². The Morgan fingerprint density at radius 3 is 2.47 bits per heavy atom. The summed E-state index contributed by atoms with van der Waals surface area (Å²) in [5, 5.41) is 3.35. The second-order valence-corrected chi connectivity index (χ2v) is 4.39. The van der Waals surface area contributed by atoms with Gasteiger partial charge in [0.1, 0.15) is 0 Å². The molecular formula is C14H15ClN2. The smallest absolute Gasteiger partial charge is 0.0709 e. The predicted molar refractivity (Wildman–Crippen MR) is 71.0 cm³/mol. The lowest BCUT2D eigenvalue weighted by molar-refractivity contribution is 0.674. The van der Waals surface area contributed by atoms with E-state index in [1.54, 1.807) is 12.4 Å². The Morgan fingerprint density at radius 2 is 1.76 bits per heavy atom. The first-order valence-electron chi connectivity index (χ1n) is 5.65. The van der Waals surface area contributed by atoms with Crippen molar-refractivity contribution in [2.75, 3.05) is 6.54 Å². The van der Waals surface area contributed by atoms with Crippen LogP contribution in [0.15, 0.2) is 54.9 Å². The summed E-state index contributed by atoms with van der Waals surface area (Å²) >= 11 is 6.30. The molecule has 0 saturated carbocycles. The van der Waals surface area contributed by atoms with E-state index in [4.69, 9.17) is 11.6 Å². The molecule has 0 spiro atoms. The lowest BCUT2D eigenvalue weighted by Gasteiger charge is -2.11. The van der Waals surface area contributed by atoms with Crippen molar-refractivity contribution in [3.05, 3.63) is 66.0 Å². The van der Waals surface area contributed by atoms with E-state index in [1.165, 1.54) is 5.56 Å². The van der Waals surface area contributed by atoms with Gasteiger partial charge in [0.05, 0.1) is 5.38 Å². The minimum absolute atomic E-state index is 0.0121. The van der Waals surface area contributed by atoms with Crippen LogP contribution in [-0.2, 0) is 6.54 Å². The fourth-order valence-corrected chi connectivity index (χ4v) is 1.88. The Balaban J connectivity index is 1.79. The van der Waals surface area contributed by atoms with Crippen molar-refractivity contribution in [2.24, 2.45) is 0 Å². The highest BCUT2D eigenvalue weighted by Gasteiger charge is 2.05. The lowest BCUT2D eigenvalue weighted by atomic mass is 10.1. The molecule has 1 aromatic heterocycles. The highest BCUT2D eigenvalue weighted by molar-refractivity contribution is 6.21. The molecule has 1 heterocycles. The number of hydrogen-bond acceptors (Lipinski definition) is 2. The van der Waals surface area contributed by atoms with Gasteiger partial charge in [-0.05, 0) is 23.3 Å². The van der Waals surface area contributed by atoms with Crippen LogP contribution in [0.5, 0.6) is 0 Å². The van der Waals surface area contributed by atoms with Crippen LogP contribution in [0.4, 0.5) is 0 Å². The van der Waals surface area contributed by atoms with Crippen LogP contribution in [0.25, 0.3) is 0 Å². The number of nitrogens with zero attached hydrogens (tertiary/aromatic N) is 1. The number of alkyl halides is 1. The van der Waals surface area contributed by atoms with Crippen molar-refractivity contribution in [1.29, 1.82) is 0 Å². The molecule has 0 aliphatic heterocycles. The van der Waals surface area contributed by atoms with Crippen LogP contribution >= 0.6 is 11.6 Å². The number of aromatic nitrogens is 1. The van der Waals surface area contributed by atoms with E-state index in [0.717, 1.165) is 18.7 Å². The zero-order valence-corrected chi connectivity index (χ0v) is 10.3. The van der Waals surface area contributed by atoms with Crippen LogP contribution in [0.2, 0.25) is 0 Å². The number of benzene rings is 1. The van der Waals surface area contributed by atoms with Crippen LogP contribution in [0.3, 0.4) is 0 Å². The van der Waals surface area contributed by atoms with Crippen molar-refractivity contribution in [2.45, 2.75) is 11.9 Å². The minimum atomic E-state index is 0.0121. The van der Waals surface area contributed by atoms with Crippen molar-refractivity contribution >= 4 is 11.6 Å². The Hall–Kier alpha value is -1.38. The molecule has 0 aliphatic rings. The first-order valence-corrected chi connectivity index (χ1v) is 6.08. The summed E-state index contributed by atoms with van der Waals surface area (Å²) in [5.74, 6) is 0. The average Bonchev–Trinajstić information content (AvgIpc) is 2.41. The van der Waals surface area contributed by atoms with Gasteiger partial charge in [-0.25, -0.2) is 0 Å². The fraction of sp³-hybridized carbons (Fsp3) is 0.214. The molecule has 0 aliphatic carbocycles. The number of halogens is 1. The highest BCUT2D eigenvalue weighted by Crippen LogP contribution is 2.18. The third kappa shape index (κ3) is 3.84. The summed E-state index contributed by atoms with van der Waals surface area (Å²) in [4.78, 5) is 3.98. The van der Waals surface area contributed by atoms with Gasteiger partial charge in [-0.2, -0.15) is 0 Å². The number of rotatable bonds is 5. The topological polar surface area (TPSA) is 24.9 Å². The molecule has 2 rings (SSSR count). The molecule has 3 heteroatoms. The molecule has 17 heavy (non-hydrogen) atoms. The van der Waals surface area contributed by atoms with Gasteiger partial charge in [-0.1, -0.05) is 30.3 Å². The van der Waals surface area contributed by atoms with Gasteiger partial charge < -0.3 is 5.32 Å². The van der Waals surface area contributed by atoms with Crippen molar-refractivity contribution in [3.8, 4) is 0 Å². The molecule has 0 fully saturated rings. The Labute approximate surface area is 107 Å². The molecule has 88 valence electrons. The highest BCUT2D eigenvalue weighted by atomic mass is 35.5. The van der Waals surface area contributed by atoms with Gasteiger partial charge in [-0.3, -0.25) is 4.98 Å². The van der Waals surface area contributed by atoms with E-state index < -0.39 is 0 Å². The Kier molecular flexibility index (Phi) is 4.54. The standard InChI is InChI=1S/C14H15ClN2/c15-14(13-4-2-1-3-5-13)11-17-10-12-6-8-16-9-7-12/h1-9,14,17H,10-11H2. The summed E-state index contributed by atoms with van der Waals surface area (Å²) < 4.78 is 0. The maximum absolute atomic E-state index is 6.30. The third-order valence-corrected chi connectivity index (χ3v) is 2.97. The Bertz CT molecular complexity index is 430. The van der Waals surface area contributed by atoms with Crippen molar-refractivity contribution < 1.29 is 0 Å². The Morgan fingerprint density at radius 1 is 1.06 bits per heavy atom. The molecule has 2 aromatic rings. The molecule has 1 N–H and O–H groups in total. The second-order valence-electron chi connectivity index (χ2n) is 3.86. The maximum Gasteiger partial charge on any atom is 0.0709 e. The summed E-state index contributed by atoms with van der Waals surface area (Å²) in [6, 6.07) is 14.1. The molecule has 0 saturated heterocycles. The van der Waals surface area contributed by atoms with E-state index in [0.29, 0.717) is 0 Å². The van der Waals surface area contributed by atoms with Gasteiger partial charge >= 0.3 is 0 Å². The minimum Gasteiger partial charge on any atom is -0.311 e. The SMILES string of the molecule is ClC(CNCc1ccncc1)c1ccccc1. The zero-order chi connectivity index (χ0) is 11.9. The van der Waals surface area contributed by atoms with E-state index in [1.807, 2.05) is 42.5 Å². The summed E-state index contributed by atoms with van der Waals surface area (Å²) in [6.45, 7) is 1.58. The number of nitrogens with one attached hydrogen (secondary N) is 1. The molecular weight excluding hydrogens is 232 g/mol. The van der Waals surface area contributed by atoms with E-state index in [-0.39, 0.29) is 5.38 Å². The normalized spacial score (nSPS) is 12.3. The summed E-state index contributed by atoms with van der Waals surface area (Å²) in [6.07, 6.45) is 3.60. The predicted octanol–water partition coefficient (Wildman–Crippen LogP) is 3.15. The van der Waals surface area contributed by atoms with Crippen LogP contribution in [-0.4, -0.2) is 11.5 Å². The molecule has 1 unspecified atom stereocenters. The summed E-state index contributed by atoms with van der Waals surface area (Å²) in [5.41, 5.74) is 2.37. The van der Waals surface area contributed by atoms with E-state index >= 15 is 0 Å². The first kappa shape index (κ1) is 12.1. The monoisotopic (exact) mass is 246 g/mol. The van der Waals surface area contributed by atoms with Gasteiger partial charge in [0.25, 0.3) is 0 Å². The number of pyridine rings is 1. The molecule has 1 aromatic carbocycles. The van der Waals surface area contributed by atoms with Gasteiger partial charge in [0.2, 0.25) is 0 Å².